The van der Waals surface area contributed by atoms with Crippen LogP contribution in [0.2, 0.25) is 0 Å². The summed E-state index contributed by atoms with van der Waals surface area (Å²) in [5.41, 5.74) is 4.37. The zero-order valence-electron chi connectivity index (χ0n) is 14.1. The first-order valence-corrected chi connectivity index (χ1v) is 8.41. The summed E-state index contributed by atoms with van der Waals surface area (Å²) in [5.74, 6) is 2.27. The number of hydrogen-bond acceptors (Lipinski definition) is 3. The lowest BCUT2D eigenvalue weighted by molar-refractivity contribution is 0.0929. The Morgan fingerprint density at radius 2 is 1.87 bits per heavy atom. The SMILES string of the molecule is COc1cc2c(cc1OC)[C@]13CC(OC)C=CC1=CC3CCC2. The van der Waals surface area contributed by atoms with E-state index in [1.807, 2.05) is 0 Å². The molecule has 3 aliphatic carbocycles. The molecule has 0 radical (unpaired) electrons. The van der Waals surface area contributed by atoms with Crippen LogP contribution in [0.5, 0.6) is 11.5 Å². The van der Waals surface area contributed by atoms with Crippen molar-refractivity contribution in [1.82, 2.24) is 0 Å². The van der Waals surface area contributed by atoms with Gasteiger partial charge in [0.1, 0.15) is 0 Å². The molecule has 1 aromatic carbocycles. The molecule has 0 bridgehead atoms. The Labute approximate surface area is 137 Å². The van der Waals surface area contributed by atoms with E-state index in [4.69, 9.17) is 14.2 Å². The molecule has 0 fully saturated rings. The maximum absolute atomic E-state index is 5.67. The zero-order chi connectivity index (χ0) is 16.0. The maximum atomic E-state index is 5.67. The molecule has 0 aliphatic heterocycles. The summed E-state index contributed by atoms with van der Waals surface area (Å²) in [6.45, 7) is 0. The van der Waals surface area contributed by atoms with Crippen LogP contribution in [-0.2, 0) is 16.6 Å². The van der Waals surface area contributed by atoms with Crippen LogP contribution in [0.15, 0.2) is 35.9 Å². The summed E-state index contributed by atoms with van der Waals surface area (Å²) in [6, 6.07) is 4.40. The summed E-state index contributed by atoms with van der Waals surface area (Å²) in [4.78, 5) is 0. The Balaban J connectivity index is 1.90. The molecule has 2 unspecified atom stereocenters. The average molecular weight is 312 g/mol. The van der Waals surface area contributed by atoms with Gasteiger partial charge in [0.05, 0.1) is 20.3 Å². The summed E-state index contributed by atoms with van der Waals surface area (Å²) in [6.07, 6.45) is 11.7. The third-order valence-electron chi connectivity index (χ3n) is 5.90. The second-order valence-corrected chi connectivity index (χ2v) is 6.79. The van der Waals surface area contributed by atoms with Crippen LogP contribution in [0.4, 0.5) is 0 Å². The highest BCUT2D eigenvalue weighted by Gasteiger charge is 2.52. The topological polar surface area (TPSA) is 27.7 Å². The first kappa shape index (κ1) is 14.8. The molecule has 0 amide bonds. The molecule has 122 valence electrons. The van der Waals surface area contributed by atoms with Gasteiger partial charge in [-0.3, -0.25) is 0 Å². The van der Waals surface area contributed by atoms with Crippen molar-refractivity contribution in [2.45, 2.75) is 37.2 Å². The van der Waals surface area contributed by atoms with Crippen LogP contribution >= 0.6 is 0 Å². The average Bonchev–Trinajstić information content (AvgIpc) is 2.67. The van der Waals surface area contributed by atoms with Gasteiger partial charge in [0, 0.05) is 12.5 Å². The molecule has 0 N–H and O–H groups in total. The molecule has 3 heteroatoms. The third-order valence-corrected chi connectivity index (χ3v) is 5.90. The number of fused-ring (bicyclic) bond motifs is 1. The fourth-order valence-corrected chi connectivity index (χ4v) is 4.71. The van der Waals surface area contributed by atoms with Crippen LogP contribution in [0, 0.1) is 5.92 Å². The van der Waals surface area contributed by atoms with E-state index in [2.05, 4.69) is 30.4 Å². The minimum Gasteiger partial charge on any atom is -0.493 e. The number of rotatable bonds is 3. The van der Waals surface area contributed by atoms with Gasteiger partial charge in [-0.15, -0.1) is 0 Å². The Morgan fingerprint density at radius 3 is 2.61 bits per heavy atom. The molecule has 23 heavy (non-hydrogen) atoms. The number of aryl methyl sites for hydroxylation is 1. The van der Waals surface area contributed by atoms with Gasteiger partial charge in [-0.2, -0.15) is 0 Å². The lowest BCUT2D eigenvalue weighted by Gasteiger charge is -2.52. The summed E-state index contributed by atoms with van der Waals surface area (Å²) in [5, 5.41) is 0. The molecular weight excluding hydrogens is 288 g/mol. The summed E-state index contributed by atoms with van der Waals surface area (Å²) < 4.78 is 16.8. The minimum absolute atomic E-state index is 0.0980. The van der Waals surface area contributed by atoms with Crippen LogP contribution in [0.25, 0.3) is 0 Å². The Hall–Kier alpha value is -1.74. The summed E-state index contributed by atoms with van der Waals surface area (Å²) in [7, 11) is 5.23. The Morgan fingerprint density at radius 1 is 1.09 bits per heavy atom. The van der Waals surface area contributed by atoms with Gasteiger partial charge in [0.25, 0.3) is 0 Å². The normalized spacial score (nSPS) is 31.0. The molecule has 3 aliphatic rings. The highest BCUT2D eigenvalue weighted by Crippen LogP contribution is 2.59. The molecule has 0 saturated carbocycles. The largest absolute Gasteiger partial charge is 0.493 e. The van der Waals surface area contributed by atoms with E-state index in [0.717, 1.165) is 24.3 Å². The molecule has 1 spiro atoms. The van der Waals surface area contributed by atoms with Crippen molar-refractivity contribution in [3.05, 3.63) is 47.1 Å². The van der Waals surface area contributed by atoms with Gasteiger partial charge in [0.2, 0.25) is 0 Å². The van der Waals surface area contributed by atoms with Gasteiger partial charge in [0.15, 0.2) is 11.5 Å². The van der Waals surface area contributed by atoms with Crippen LogP contribution in [-0.4, -0.2) is 27.4 Å². The molecule has 4 rings (SSSR count). The van der Waals surface area contributed by atoms with E-state index in [-0.39, 0.29) is 11.5 Å². The van der Waals surface area contributed by atoms with E-state index >= 15 is 0 Å². The highest BCUT2D eigenvalue weighted by atomic mass is 16.5. The first-order chi connectivity index (χ1) is 11.2. The van der Waals surface area contributed by atoms with Gasteiger partial charge in [-0.05, 0) is 60.4 Å². The molecule has 3 atom stereocenters. The lowest BCUT2D eigenvalue weighted by Crippen LogP contribution is -2.47. The standard InChI is InChI=1S/C20H24O3/c1-21-16-8-7-15-10-14-6-4-5-13-9-18(22-2)19(23-3)11-17(13)20(14,15)12-16/h7-11,14,16H,4-6,12H2,1-3H3/t14?,16?,20-/m0/s1. The molecule has 3 nitrogen and oxygen atoms in total. The second kappa shape index (κ2) is 5.41. The predicted molar refractivity (Wildman–Crippen MR) is 90.3 cm³/mol. The van der Waals surface area contributed by atoms with Crippen molar-refractivity contribution in [2.24, 2.45) is 5.92 Å². The third kappa shape index (κ3) is 1.99. The maximum Gasteiger partial charge on any atom is 0.161 e. The van der Waals surface area contributed by atoms with Crippen molar-refractivity contribution in [1.29, 1.82) is 0 Å². The zero-order valence-corrected chi connectivity index (χ0v) is 14.1. The number of benzene rings is 1. The number of methoxy groups -OCH3 is 3. The quantitative estimate of drug-likeness (QED) is 0.849. The Bertz CT molecular complexity index is 688. The number of ether oxygens (including phenoxy) is 3. The van der Waals surface area contributed by atoms with Crippen molar-refractivity contribution in [2.75, 3.05) is 21.3 Å². The van der Waals surface area contributed by atoms with Crippen LogP contribution < -0.4 is 9.47 Å². The van der Waals surface area contributed by atoms with E-state index in [9.17, 15) is 0 Å². The molecule has 0 heterocycles. The van der Waals surface area contributed by atoms with E-state index < -0.39 is 0 Å². The van der Waals surface area contributed by atoms with Crippen molar-refractivity contribution in [3.8, 4) is 11.5 Å². The van der Waals surface area contributed by atoms with Gasteiger partial charge in [-0.25, -0.2) is 0 Å². The fraction of sp³-hybridized carbons (Fsp3) is 0.500. The van der Waals surface area contributed by atoms with Crippen molar-refractivity contribution < 1.29 is 14.2 Å². The predicted octanol–water partition coefficient (Wildman–Crippen LogP) is 3.81. The molecular formula is C20H24O3. The number of allylic oxidation sites excluding steroid dienone is 3. The van der Waals surface area contributed by atoms with Gasteiger partial charge in [-0.1, -0.05) is 18.2 Å². The van der Waals surface area contributed by atoms with E-state index in [1.54, 1.807) is 21.3 Å². The van der Waals surface area contributed by atoms with E-state index in [1.165, 1.54) is 29.5 Å². The Kier molecular flexibility index (Phi) is 3.49. The van der Waals surface area contributed by atoms with Crippen molar-refractivity contribution >= 4 is 0 Å². The summed E-state index contributed by atoms with van der Waals surface area (Å²) >= 11 is 0. The van der Waals surface area contributed by atoms with Gasteiger partial charge < -0.3 is 14.2 Å². The van der Waals surface area contributed by atoms with E-state index in [0.29, 0.717) is 5.92 Å². The molecule has 1 aromatic rings. The minimum atomic E-state index is 0.0980. The smallest absolute Gasteiger partial charge is 0.161 e. The number of hydrogen-bond donors (Lipinski definition) is 0. The monoisotopic (exact) mass is 312 g/mol. The van der Waals surface area contributed by atoms with Gasteiger partial charge >= 0.3 is 0 Å². The van der Waals surface area contributed by atoms with Crippen LogP contribution in [0.1, 0.15) is 30.4 Å². The lowest BCUT2D eigenvalue weighted by atomic mass is 9.52. The van der Waals surface area contributed by atoms with Crippen LogP contribution in [0.3, 0.4) is 0 Å². The fourth-order valence-electron chi connectivity index (χ4n) is 4.71. The molecule has 0 saturated heterocycles. The first-order valence-electron chi connectivity index (χ1n) is 8.41. The second-order valence-electron chi connectivity index (χ2n) is 6.79. The highest BCUT2D eigenvalue weighted by molar-refractivity contribution is 5.60. The van der Waals surface area contributed by atoms with Crippen molar-refractivity contribution in [3.63, 3.8) is 0 Å². The molecule has 0 aromatic heterocycles.